The van der Waals surface area contributed by atoms with Crippen molar-refractivity contribution in [2.75, 3.05) is 18.0 Å². The third kappa shape index (κ3) is 3.96. The fraction of sp³-hybridized carbons (Fsp3) is 0.583. The molecule has 100 valence electrons. The summed E-state index contributed by atoms with van der Waals surface area (Å²) in [7, 11) is 0. The van der Waals surface area contributed by atoms with Gasteiger partial charge in [0.15, 0.2) is 0 Å². The van der Waals surface area contributed by atoms with Crippen LogP contribution in [-0.2, 0) is 11.3 Å². The maximum Gasteiger partial charge on any atom is 0.239 e. The second-order valence-corrected chi connectivity index (χ2v) is 4.31. The van der Waals surface area contributed by atoms with E-state index in [0.29, 0.717) is 13.1 Å². The van der Waals surface area contributed by atoms with Gasteiger partial charge in [0.1, 0.15) is 12.1 Å². The predicted molar refractivity (Wildman–Crippen MR) is 71.1 cm³/mol. The number of anilines is 1. The first kappa shape index (κ1) is 14.4. The lowest BCUT2D eigenvalue weighted by Crippen LogP contribution is -2.40. The maximum atomic E-state index is 11.8. The SMILES string of the molecule is CCN(CC(=O)NC(C)C)c1ncncc1CN. The number of carbonyl (C=O) groups excluding carboxylic acids is 1. The first-order chi connectivity index (χ1) is 8.58. The van der Waals surface area contributed by atoms with Crippen molar-refractivity contribution in [3.8, 4) is 0 Å². The molecule has 0 saturated heterocycles. The summed E-state index contributed by atoms with van der Waals surface area (Å²) in [5.41, 5.74) is 6.49. The standard InChI is InChI=1S/C12H21N5O/c1-4-17(7-11(18)16-9(2)3)12-10(5-13)6-14-8-15-12/h6,8-9H,4-5,7,13H2,1-3H3,(H,16,18). The summed E-state index contributed by atoms with van der Waals surface area (Å²) in [6.07, 6.45) is 3.16. The molecular formula is C12H21N5O. The number of hydrogen-bond acceptors (Lipinski definition) is 5. The largest absolute Gasteiger partial charge is 0.352 e. The molecule has 0 saturated carbocycles. The lowest BCUT2D eigenvalue weighted by molar-refractivity contribution is -0.120. The molecule has 0 fully saturated rings. The highest BCUT2D eigenvalue weighted by Gasteiger charge is 2.14. The topological polar surface area (TPSA) is 84.1 Å². The Morgan fingerprint density at radius 3 is 2.83 bits per heavy atom. The van der Waals surface area contributed by atoms with Gasteiger partial charge in [0.05, 0.1) is 6.54 Å². The van der Waals surface area contributed by atoms with Crippen LogP contribution in [0.4, 0.5) is 5.82 Å². The Hall–Kier alpha value is -1.69. The second kappa shape index (κ2) is 6.90. The molecule has 1 aromatic rings. The van der Waals surface area contributed by atoms with Gasteiger partial charge in [-0.1, -0.05) is 0 Å². The van der Waals surface area contributed by atoms with Gasteiger partial charge < -0.3 is 16.0 Å². The van der Waals surface area contributed by atoms with Crippen molar-refractivity contribution in [1.82, 2.24) is 15.3 Å². The molecule has 1 heterocycles. The fourth-order valence-electron chi connectivity index (χ4n) is 1.66. The zero-order valence-electron chi connectivity index (χ0n) is 11.2. The van der Waals surface area contributed by atoms with Crippen LogP contribution in [0.2, 0.25) is 0 Å². The van der Waals surface area contributed by atoms with Crippen molar-refractivity contribution >= 4 is 11.7 Å². The highest BCUT2D eigenvalue weighted by atomic mass is 16.2. The molecule has 1 aromatic heterocycles. The van der Waals surface area contributed by atoms with Crippen LogP contribution in [0.15, 0.2) is 12.5 Å². The van der Waals surface area contributed by atoms with Crippen LogP contribution in [-0.4, -0.2) is 35.0 Å². The van der Waals surface area contributed by atoms with Crippen molar-refractivity contribution in [2.45, 2.75) is 33.4 Å². The number of nitrogens with zero attached hydrogens (tertiary/aromatic N) is 3. The van der Waals surface area contributed by atoms with Gasteiger partial charge in [0.2, 0.25) is 5.91 Å². The summed E-state index contributed by atoms with van der Waals surface area (Å²) >= 11 is 0. The quantitative estimate of drug-likeness (QED) is 0.759. The van der Waals surface area contributed by atoms with E-state index in [1.165, 1.54) is 6.33 Å². The van der Waals surface area contributed by atoms with E-state index < -0.39 is 0 Å². The average Bonchev–Trinajstić information content (AvgIpc) is 2.35. The monoisotopic (exact) mass is 251 g/mol. The lowest BCUT2D eigenvalue weighted by Gasteiger charge is -2.23. The Morgan fingerprint density at radius 2 is 2.28 bits per heavy atom. The zero-order chi connectivity index (χ0) is 13.5. The third-order valence-electron chi connectivity index (χ3n) is 2.45. The highest BCUT2D eigenvalue weighted by molar-refractivity contribution is 5.81. The summed E-state index contributed by atoms with van der Waals surface area (Å²) in [6, 6.07) is 0.135. The Kier molecular flexibility index (Phi) is 5.51. The third-order valence-corrected chi connectivity index (χ3v) is 2.45. The van der Waals surface area contributed by atoms with E-state index in [4.69, 9.17) is 5.73 Å². The van der Waals surface area contributed by atoms with Crippen molar-refractivity contribution in [3.63, 3.8) is 0 Å². The summed E-state index contributed by atoms with van der Waals surface area (Å²) in [6.45, 7) is 7.17. The molecule has 6 nitrogen and oxygen atoms in total. The smallest absolute Gasteiger partial charge is 0.239 e. The normalized spacial score (nSPS) is 10.5. The molecule has 18 heavy (non-hydrogen) atoms. The van der Waals surface area contributed by atoms with Crippen LogP contribution in [0.5, 0.6) is 0 Å². The molecule has 0 aliphatic heterocycles. The van der Waals surface area contributed by atoms with E-state index in [2.05, 4.69) is 15.3 Å². The summed E-state index contributed by atoms with van der Waals surface area (Å²) in [4.78, 5) is 21.8. The van der Waals surface area contributed by atoms with Gasteiger partial charge >= 0.3 is 0 Å². The lowest BCUT2D eigenvalue weighted by atomic mass is 10.2. The minimum absolute atomic E-state index is 0.0200. The van der Waals surface area contributed by atoms with Gasteiger partial charge in [0.25, 0.3) is 0 Å². The molecule has 0 aromatic carbocycles. The van der Waals surface area contributed by atoms with Crippen LogP contribution < -0.4 is 16.0 Å². The molecule has 0 aliphatic rings. The number of nitrogens with two attached hydrogens (primary N) is 1. The number of aromatic nitrogens is 2. The minimum atomic E-state index is -0.0200. The van der Waals surface area contributed by atoms with Gasteiger partial charge in [-0.25, -0.2) is 9.97 Å². The number of hydrogen-bond donors (Lipinski definition) is 2. The summed E-state index contributed by atoms with van der Waals surface area (Å²) in [5.74, 6) is 0.710. The van der Waals surface area contributed by atoms with Crippen molar-refractivity contribution < 1.29 is 4.79 Å². The number of nitrogens with one attached hydrogen (secondary N) is 1. The van der Waals surface area contributed by atoms with Crippen molar-refractivity contribution in [1.29, 1.82) is 0 Å². The molecule has 0 aliphatic carbocycles. The summed E-state index contributed by atoms with van der Waals surface area (Å²) in [5, 5.41) is 2.86. The second-order valence-electron chi connectivity index (χ2n) is 4.31. The van der Waals surface area contributed by atoms with Gasteiger partial charge in [-0.2, -0.15) is 0 Å². The predicted octanol–water partition coefficient (Wildman–Crippen LogP) is 0.286. The average molecular weight is 251 g/mol. The summed E-state index contributed by atoms with van der Waals surface area (Å²) < 4.78 is 0. The van der Waals surface area contributed by atoms with Crippen LogP contribution in [0.3, 0.4) is 0 Å². The van der Waals surface area contributed by atoms with E-state index in [-0.39, 0.29) is 18.5 Å². The molecular weight excluding hydrogens is 230 g/mol. The van der Waals surface area contributed by atoms with E-state index in [9.17, 15) is 4.79 Å². The zero-order valence-corrected chi connectivity index (χ0v) is 11.2. The van der Waals surface area contributed by atoms with Crippen molar-refractivity contribution in [3.05, 3.63) is 18.1 Å². The Morgan fingerprint density at radius 1 is 1.56 bits per heavy atom. The van der Waals surface area contributed by atoms with Gasteiger partial charge in [-0.15, -0.1) is 0 Å². The van der Waals surface area contributed by atoms with E-state index >= 15 is 0 Å². The highest BCUT2D eigenvalue weighted by Crippen LogP contribution is 2.14. The van der Waals surface area contributed by atoms with Gasteiger partial charge in [-0.3, -0.25) is 4.79 Å². The van der Waals surface area contributed by atoms with E-state index in [0.717, 1.165) is 11.4 Å². The molecule has 3 N–H and O–H groups in total. The van der Waals surface area contributed by atoms with E-state index in [1.807, 2.05) is 25.7 Å². The Labute approximate surface area is 108 Å². The van der Waals surface area contributed by atoms with Crippen LogP contribution in [0, 0.1) is 0 Å². The molecule has 0 bridgehead atoms. The molecule has 0 spiro atoms. The first-order valence-electron chi connectivity index (χ1n) is 6.11. The van der Waals surface area contributed by atoms with E-state index in [1.54, 1.807) is 6.20 Å². The molecule has 1 rings (SSSR count). The van der Waals surface area contributed by atoms with Crippen molar-refractivity contribution in [2.24, 2.45) is 5.73 Å². The Balaban J connectivity index is 2.79. The maximum absolute atomic E-state index is 11.8. The van der Waals surface area contributed by atoms with Crippen LogP contribution in [0.25, 0.3) is 0 Å². The van der Waals surface area contributed by atoms with Crippen LogP contribution >= 0.6 is 0 Å². The molecule has 1 amide bonds. The van der Waals surface area contributed by atoms with Crippen LogP contribution in [0.1, 0.15) is 26.3 Å². The molecule has 0 unspecified atom stereocenters. The molecule has 0 radical (unpaired) electrons. The first-order valence-corrected chi connectivity index (χ1v) is 6.11. The van der Waals surface area contributed by atoms with Gasteiger partial charge in [0, 0.05) is 30.9 Å². The number of amides is 1. The number of carbonyl (C=O) groups is 1. The minimum Gasteiger partial charge on any atom is -0.352 e. The molecule has 6 heteroatoms. The number of rotatable bonds is 6. The molecule has 0 atom stereocenters. The Bertz CT molecular complexity index is 394. The van der Waals surface area contributed by atoms with Gasteiger partial charge in [-0.05, 0) is 20.8 Å². The fourth-order valence-corrected chi connectivity index (χ4v) is 1.66. The number of likely N-dealkylation sites (N-methyl/N-ethyl adjacent to an activating group) is 1.